The van der Waals surface area contributed by atoms with Gasteiger partial charge in [-0.2, -0.15) is 0 Å². The maximum absolute atomic E-state index is 12.1. The van der Waals surface area contributed by atoms with Crippen LogP contribution in [-0.4, -0.2) is 47.2 Å². The number of carboxylic acids is 1. The van der Waals surface area contributed by atoms with Crippen molar-refractivity contribution in [2.45, 2.75) is 57.5 Å². The molecule has 2 fully saturated rings. The van der Waals surface area contributed by atoms with Crippen LogP contribution in [0.15, 0.2) is 0 Å². The average molecular weight is 269 g/mol. The molecule has 19 heavy (non-hydrogen) atoms. The summed E-state index contributed by atoms with van der Waals surface area (Å²) in [6.07, 6.45) is 4.85. The fourth-order valence-electron chi connectivity index (χ4n) is 3.49. The van der Waals surface area contributed by atoms with E-state index in [0.717, 1.165) is 32.1 Å². The molecule has 0 radical (unpaired) electrons. The van der Waals surface area contributed by atoms with Gasteiger partial charge in [0.15, 0.2) is 0 Å². The number of aliphatic carboxylic acids is 1. The van der Waals surface area contributed by atoms with Gasteiger partial charge < -0.3 is 14.7 Å². The molecule has 2 rings (SSSR count). The standard InChI is InChI=1S/C14H23NO4/c1-2-5-19-9-13(16)15-11-3-4-12(15)7-10(6-11)8-14(17)18/h10-12H,2-9H2,1H3,(H,17,18). The Morgan fingerprint density at radius 2 is 1.89 bits per heavy atom. The molecule has 5 nitrogen and oxygen atoms in total. The molecule has 108 valence electrons. The van der Waals surface area contributed by atoms with Gasteiger partial charge >= 0.3 is 5.97 Å². The van der Waals surface area contributed by atoms with Gasteiger partial charge in [0.2, 0.25) is 5.91 Å². The monoisotopic (exact) mass is 269 g/mol. The summed E-state index contributed by atoms with van der Waals surface area (Å²) < 4.78 is 5.33. The molecule has 5 heteroatoms. The highest BCUT2D eigenvalue weighted by Gasteiger charge is 2.43. The first-order chi connectivity index (χ1) is 9.11. The Balaban J connectivity index is 1.88. The second kappa shape index (κ2) is 6.37. The Bertz CT molecular complexity index is 330. The fourth-order valence-corrected chi connectivity index (χ4v) is 3.49. The van der Waals surface area contributed by atoms with Crippen molar-refractivity contribution in [3.63, 3.8) is 0 Å². The predicted molar refractivity (Wildman–Crippen MR) is 69.7 cm³/mol. The molecule has 0 aromatic rings. The van der Waals surface area contributed by atoms with Crippen LogP contribution in [0.25, 0.3) is 0 Å². The molecule has 0 aliphatic carbocycles. The van der Waals surface area contributed by atoms with Gasteiger partial charge in [0.05, 0.1) is 0 Å². The topological polar surface area (TPSA) is 66.8 Å². The summed E-state index contributed by atoms with van der Waals surface area (Å²) in [6.45, 7) is 2.81. The summed E-state index contributed by atoms with van der Waals surface area (Å²) in [5.41, 5.74) is 0. The van der Waals surface area contributed by atoms with E-state index in [1.807, 2.05) is 11.8 Å². The molecule has 0 aromatic carbocycles. The average Bonchev–Trinajstić information content (AvgIpc) is 2.61. The lowest BCUT2D eigenvalue weighted by Crippen LogP contribution is -2.48. The van der Waals surface area contributed by atoms with Crippen LogP contribution in [0, 0.1) is 5.92 Å². The lowest BCUT2D eigenvalue weighted by atomic mass is 9.88. The first-order valence-corrected chi connectivity index (χ1v) is 7.22. The molecule has 0 spiro atoms. The lowest BCUT2D eigenvalue weighted by Gasteiger charge is -2.38. The van der Waals surface area contributed by atoms with Gasteiger partial charge in [-0.3, -0.25) is 9.59 Å². The zero-order valence-corrected chi connectivity index (χ0v) is 11.5. The first-order valence-electron chi connectivity index (χ1n) is 7.22. The molecule has 2 aliphatic heterocycles. The third-order valence-corrected chi connectivity index (χ3v) is 4.16. The number of fused-ring (bicyclic) bond motifs is 2. The summed E-state index contributed by atoms with van der Waals surface area (Å²) in [7, 11) is 0. The number of piperidine rings is 1. The van der Waals surface area contributed by atoms with Gasteiger partial charge in [0.1, 0.15) is 6.61 Å². The van der Waals surface area contributed by atoms with Crippen molar-refractivity contribution in [1.82, 2.24) is 4.90 Å². The number of amides is 1. The van der Waals surface area contributed by atoms with Crippen molar-refractivity contribution < 1.29 is 19.4 Å². The number of ether oxygens (including phenoxy) is 1. The predicted octanol–water partition coefficient (Wildman–Crippen LogP) is 1.66. The number of nitrogens with zero attached hydrogens (tertiary/aromatic N) is 1. The summed E-state index contributed by atoms with van der Waals surface area (Å²) in [5, 5.41) is 8.88. The number of carbonyl (C=O) groups is 2. The van der Waals surface area contributed by atoms with Crippen molar-refractivity contribution in [2.75, 3.05) is 13.2 Å². The summed E-state index contributed by atoms with van der Waals surface area (Å²) in [6, 6.07) is 0.474. The van der Waals surface area contributed by atoms with Crippen LogP contribution >= 0.6 is 0 Å². The van der Waals surface area contributed by atoms with Gasteiger partial charge in [-0.1, -0.05) is 6.92 Å². The van der Waals surface area contributed by atoms with Gasteiger partial charge in [-0.15, -0.1) is 0 Å². The van der Waals surface area contributed by atoms with E-state index in [1.54, 1.807) is 0 Å². The number of hydrogen-bond acceptors (Lipinski definition) is 3. The van der Waals surface area contributed by atoms with Crippen LogP contribution < -0.4 is 0 Å². The van der Waals surface area contributed by atoms with Crippen LogP contribution in [0.5, 0.6) is 0 Å². The smallest absolute Gasteiger partial charge is 0.303 e. The Morgan fingerprint density at radius 1 is 1.26 bits per heavy atom. The summed E-state index contributed by atoms with van der Waals surface area (Å²) >= 11 is 0. The van der Waals surface area contributed by atoms with Crippen molar-refractivity contribution in [3.05, 3.63) is 0 Å². The SMILES string of the molecule is CCCOCC(=O)N1C2CCC1CC(CC(=O)O)C2. The van der Waals surface area contributed by atoms with Crippen LogP contribution in [0.3, 0.4) is 0 Å². The Kier molecular flexibility index (Phi) is 4.80. The van der Waals surface area contributed by atoms with E-state index < -0.39 is 5.97 Å². The van der Waals surface area contributed by atoms with E-state index in [1.165, 1.54) is 0 Å². The molecule has 2 saturated heterocycles. The van der Waals surface area contributed by atoms with Gasteiger partial charge in [0, 0.05) is 25.1 Å². The Morgan fingerprint density at radius 3 is 2.42 bits per heavy atom. The third-order valence-electron chi connectivity index (χ3n) is 4.16. The zero-order valence-electron chi connectivity index (χ0n) is 11.5. The summed E-state index contributed by atoms with van der Waals surface area (Å²) in [4.78, 5) is 24.9. The Hall–Kier alpha value is -1.10. The molecular formula is C14H23NO4. The van der Waals surface area contributed by atoms with E-state index in [0.29, 0.717) is 6.61 Å². The maximum atomic E-state index is 12.1. The van der Waals surface area contributed by atoms with Gasteiger partial charge in [-0.05, 0) is 38.0 Å². The first kappa shape index (κ1) is 14.3. The van der Waals surface area contributed by atoms with E-state index in [4.69, 9.17) is 9.84 Å². The maximum Gasteiger partial charge on any atom is 0.303 e. The normalized spacial score (nSPS) is 29.5. The minimum absolute atomic E-state index is 0.0784. The number of carbonyl (C=O) groups excluding carboxylic acids is 1. The van der Waals surface area contributed by atoms with Gasteiger partial charge in [-0.25, -0.2) is 0 Å². The van der Waals surface area contributed by atoms with Crippen LogP contribution in [0.4, 0.5) is 0 Å². The molecule has 1 N–H and O–H groups in total. The second-order valence-electron chi connectivity index (χ2n) is 5.67. The number of rotatable bonds is 6. The lowest BCUT2D eigenvalue weighted by molar-refractivity contribution is -0.142. The van der Waals surface area contributed by atoms with E-state index >= 15 is 0 Å². The molecule has 0 aromatic heterocycles. The van der Waals surface area contributed by atoms with E-state index in [-0.39, 0.29) is 36.9 Å². The van der Waals surface area contributed by atoms with Crippen LogP contribution in [-0.2, 0) is 14.3 Å². The summed E-state index contributed by atoms with van der Waals surface area (Å²) in [5.74, 6) is -0.416. The molecule has 2 bridgehead atoms. The second-order valence-corrected chi connectivity index (χ2v) is 5.67. The van der Waals surface area contributed by atoms with Crippen molar-refractivity contribution in [2.24, 2.45) is 5.92 Å². The molecule has 2 atom stereocenters. The van der Waals surface area contributed by atoms with Crippen LogP contribution in [0.2, 0.25) is 0 Å². The van der Waals surface area contributed by atoms with Crippen LogP contribution in [0.1, 0.15) is 45.4 Å². The zero-order chi connectivity index (χ0) is 13.8. The number of hydrogen-bond donors (Lipinski definition) is 1. The van der Waals surface area contributed by atoms with E-state index in [2.05, 4.69) is 0 Å². The molecular weight excluding hydrogens is 246 g/mol. The third kappa shape index (κ3) is 3.47. The largest absolute Gasteiger partial charge is 0.481 e. The highest BCUT2D eigenvalue weighted by Crippen LogP contribution is 2.39. The minimum Gasteiger partial charge on any atom is -0.481 e. The molecule has 0 saturated carbocycles. The highest BCUT2D eigenvalue weighted by atomic mass is 16.5. The van der Waals surface area contributed by atoms with Gasteiger partial charge in [0.25, 0.3) is 0 Å². The minimum atomic E-state index is -0.726. The van der Waals surface area contributed by atoms with Crippen molar-refractivity contribution in [3.8, 4) is 0 Å². The quantitative estimate of drug-likeness (QED) is 0.745. The highest BCUT2D eigenvalue weighted by molar-refractivity contribution is 5.78. The van der Waals surface area contributed by atoms with Crippen molar-refractivity contribution in [1.29, 1.82) is 0 Å². The molecule has 1 amide bonds. The number of carboxylic acid groups (broad SMARTS) is 1. The Labute approximate surface area is 113 Å². The molecule has 2 heterocycles. The molecule has 2 aliphatic rings. The molecule has 2 unspecified atom stereocenters. The van der Waals surface area contributed by atoms with Crippen molar-refractivity contribution >= 4 is 11.9 Å². The van der Waals surface area contributed by atoms with E-state index in [9.17, 15) is 9.59 Å². The fraction of sp³-hybridized carbons (Fsp3) is 0.857.